The lowest BCUT2D eigenvalue weighted by atomic mass is 10.1. The minimum Gasteiger partial charge on any atom is -0.423 e. The van der Waals surface area contributed by atoms with Gasteiger partial charge in [-0.15, -0.1) is 4.73 Å². The zero-order chi connectivity index (χ0) is 18.8. The van der Waals surface area contributed by atoms with Gasteiger partial charge in [0.25, 0.3) is 5.56 Å². The highest BCUT2D eigenvalue weighted by Crippen LogP contribution is 2.23. The van der Waals surface area contributed by atoms with Crippen LogP contribution in [0, 0.1) is 6.92 Å². The van der Waals surface area contributed by atoms with Crippen LogP contribution in [0.15, 0.2) is 65.8 Å². The molecule has 0 radical (unpaired) electrons. The van der Waals surface area contributed by atoms with E-state index in [1.807, 2.05) is 42.5 Å². The summed E-state index contributed by atoms with van der Waals surface area (Å²) < 4.78 is 0.533. The summed E-state index contributed by atoms with van der Waals surface area (Å²) in [6.07, 6.45) is 3.12. The summed E-state index contributed by atoms with van der Waals surface area (Å²) in [6, 6.07) is 15.2. The smallest absolute Gasteiger partial charge is 0.286 e. The molecule has 0 fully saturated rings. The third kappa shape index (κ3) is 3.22. The molecule has 1 aromatic carbocycles. The van der Waals surface area contributed by atoms with E-state index in [1.165, 1.54) is 12.4 Å². The number of pyridine rings is 2. The average Bonchev–Trinajstić information content (AvgIpc) is 2.71. The summed E-state index contributed by atoms with van der Waals surface area (Å²) in [6.45, 7) is 2.27. The first kappa shape index (κ1) is 16.7. The Balaban J connectivity index is 1.61. The third-order valence-electron chi connectivity index (χ3n) is 4.34. The maximum Gasteiger partial charge on any atom is 0.286 e. The molecule has 0 saturated heterocycles. The van der Waals surface area contributed by atoms with Gasteiger partial charge in [-0.1, -0.05) is 36.4 Å². The number of nitrogens with one attached hydrogen (secondary N) is 1. The topological polar surface area (TPSA) is 92.9 Å². The van der Waals surface area contributed by atoms with Gasteiger partial charge in [0.1, 0.15) is 6.33 Å². The van der Waals surface area contributed by atoms with E-state index in [1.54, 1.807) is 13.1 Å². The normalized spacial score (nSPS) is 10.9. The fourth-order valence-corrected chi connectivity index (χ4v) is 2.94. The average molecular weight is 359 g/mol. The van der Waals surface area contributed by atoms with Crippen LogP contribution >= 0.6 is 0 Å². The van der Waals surface area contributed by atoms with Crippen molar-refractivity contribution in [2.75, 3.05) is 5.32 Å². The van der Waals surface area contributed by atoms with Crippen molar-refractivity contribution in [3.05, 3.63) is 82.7 Å². The molecule has 3 aromatic heterocycles. The lowest BCUT2D eigenvalue weighted by Crippen LogP contribution is -2.20. The Morgan fingerprint density at radius 3 is 2.63 bits per heavy atom. The van der Waals surface area contributed by atoms with E-state index in [2.05, 4.69) is 20.3 Å². The van der Waals surface area contributed by atoms with Crippen molar-refractivity contribution < 1.29 is 5.21 Å². The predicted octanol–water partition coefficient (Wildman–Crippen LogP) is 3.01. The van der Waals surface area contributed by atoms with Crippen LogP contribution in [0.3, 0.4) is 0 Å². The molecule has 7 heteroatoms. The maximum absolute atomic E-state index is 12.0. The molecule has 7 nitrogen and oxygen atoms in total. The number of rotatable bonds is 4. The summed E-state index contributed by atoms with van der Waals surface area (Å²) in [4.78, 5) is 24.6. The Hall–Kier alpha value is -3.74. The van der Waals surface area contributed by atoms with E-state index in [-0.39, 0.29) is 5.65 Å². The molecular weight excluding hydrogens is 342 g/mol. The number of aryl methyl sites for hydroxylation is 1. The molecule has 0 aliphatic heterocycles. The molecule has 4 aromatic rings. The van der Waals surface area contributed by atoms with Crippen molar-refractivity contribution in [1.82, 2.24) is 19.7 Å². The maximum atomic E-state index is 12.0. The van der Waals surface area contributed by atoms with Gasteiger partial charge in [-0.2, -0.15) is 0 Å². The van der Waals surface area contributed by atoms with Gasteiger partial charge in [-0.3, -0.25) is 9.78 Å². The van der Waals surface area contributed by atoms with Crippen molar-refractivity contribution in [1.29, 1.82) is 0 Å². The number of fused-ring (bicyclic) bond motifs is 1. The van der Waals surface area contributed by atoms with Crippen molar-refractivity contribution >= 4 is 16.7 Å². The molecule has 0 atom stereocenters. The van der Waals surface area contributed by atoms with E-state index < -0.39 is 5.56 Å². The third-order valence-corrected chi connectivity index (χ3v) is 4.34. The van der Waals surface area contributed by atoms with Crippen LogP contribution in [0.2, 0.25) is 0 Å². The first-order chi connectivity index (χ1) is 13.1. The van der Waals surface area contributed by atoms with Gasteiger partial charge < -0.3 is 10.5 Å². The van der Waals surface area contributed by atoms with Gasteiger partial charge in [0.05, 0.1) is 22.5 Å². The fraction of sp³-hybridized carbons (Fsp3) is 0.100. The Labute approximate surface area is 155 Å². The highest BCUT2D eigenvalue weighted by atomic mass is 16.5. The molecule has 3 heterocycles. The fourth-order valence-electron chi connectivity index (χ4n) is 2.94. The molecule has 0 aliphatic rings. The number of benzene rings is 1. The largest absolute Gasteiger partial charge is 0.423 e. The standard InChI is InChI=1S/C20H17N5O2/c1-13-19-17(9-18(26)25(27)20(19)24-12-23-13)22-11-14-7-8-16(21-10-14)15-5-3-2-4-6-15/h2-10,12,22,27H,11H2,1H3. The number of anilines is 1. The molecule has 0 bridgehead atoms. The molecule has 27 heavy (non-hydrogen) atoms. The van der Waals surface area contributed by atoms with Gasteiger partial charge in [-0.05, 0) is 18.6 Å². The lowest BCUT2D eigenvalue weighted by molar-refractivity contribution is 0.186. The van der Waals surface area contributed by atoms with Gasteiger partial charge in [-0.25, -0.2) is 9.97 Å². The van der Waals surface area contributed by atoms with Crippen LogP contribution in [0.4, 0.5) is 5.69 Å². The first-order valence-corrected chi connectivity index (χ1v) is 8.44. The molecule has 4 rings (SSSR count). The molecule has 134 valence electrons. The number of aromatic nitrogens is 4. The van der Waals surface area contributed by atoms with Gasteiger partial charge in [0.15, 0.2) is 5.65 Å². The summed E-state index contributed by atoms with van der Waals surface area (Å²) in [5.74, 6) is 0. The van der Waals surface area contributed by atoms with Gasteiger partial charge in [0.2, 0.25) is 0 Å². The van der Waals surface area contributed by atoms with E-state index in [0.717, 1.165) is 16.8 Å². The highest BCUT2D eigenvalue weighted by Gasteiger charge is 2.12. The number of hydrogen-bond acceptors (Lipinski definition) is 6. The minimum atomic E-state index is -0.555. The highest BCUT2D eigenvalue weighted by molar-refractivity contribution is 5.90. The van der Waals surface area contributed by atoms with Crippen molar-refractivity contribution in [2.24, 2.45) is 0 Å². The molecule has 0 spiro atoms. The molecule has 0 unspecified atom stereocenters. The second kappa shape index (κ2) is 6.87. The Morgan fingerprint density at radius 1 is 1.07 bits per heavy atom. The van der Waals surface area contributed by atoms with E-state index in [0.29, 0.717) is 28.0 Å². The minimum absolute atomic E-state index is 0.176. The quantitative estimate of drug-likeness (QED) is 0.544. The summed E-state index contributed by atoms with van der Waals surface area (Å²) >= 11 is 0. The first-order valence-electron chi connectivity index (χ1n) is 8.44. The molecule has 0 saturated carbocycles. The number of hydrogen-bond donors (Lipinski definition) is 2. The Morgan fingerprint density at radius 2 is 1.89 bits per heavy atom. The summed E-state index contributed by atoms with van der Waals surface area (Å²) in [5, 5.41) is 13.7. The molecular formula is C20H17N5O2. The summed E-state index contributed by atoms with van der Waals surface area (Å²) in [5.41, 5.74) is 3.79. The zero-order valence-corrected chi connectivity index (χ0v) is 14.6. The van der Waals surface area contributed by atoms with Crippen molar-refractivity contribution in [3.63, 3.8) is 0 Å². The number of nitrogens with zero attached hydrogens (tertiary/aromatic N) is 4. The monoisotopic (exact) mass is 359 g/mol. The predicted molar refractivity (Wildman–Crippen MR) is 103 cm³/mol. The molecule has 0 aliphatic carbocycles. The van der Waals surface area contributed by atoms with Crippen LogP contribution in [-0.2, 0) is 6.54 Å². The van der Waals surface area contributed by atoms with Crippen LogP contribution in [-0.4, -0.2) is 24.9 Å². The van der Waals surface area contributed by atoms with Crippen molar-refractivity contribution in [3.8, 4) is 11.3 Å². The Bertz CT molecular complexity index is 1150. The van der Waals surface area contributed by atoms with Gasteiger partial charge >= 0.3 is 0 Å². The van der Waals surface area contributed by atoms with Crippen LogP contribution in [0.1, 0.15) is 11.3 Å². The second-order valence-electron chi connectivity index (χ2n) is 6.14. The summed E-state index contributed by atoms with van der Waals surface area (Å²) in [7, 11) is 0. The van der Waals surface area contributed by atoms with Crippen LogP contribution in [0.5, 0.6) is 0 Å². The molecule has 0 amide bonds. The zero-order valence-electron chi connectivity index (χ0n) is 14.6. The van der Waals surface area contributed by atoms with Crippen LogP contribution in [0.25, 0.3) is 22.3 Å². The van der Waals surface area contributed by atoms with E-state index in [9.17, 15) is 10.0 Å². The van der Waals surface area contributed by atoms with Crippen molar-refractivity contribution in [2.45, 2.75) is 13.5 Å². The second-order valence-corrected chi connectivity index (χ2v) is 6.14. The molecule has 2 N–H and O–H groups in total. The van der Waals surface area contributed by atoms with Crippen LogP contribution < -0.4 is 10.9 Å². The van der Waals surface area contributed by atoms with E-state index >= 15 is 0 Å². The SMILES string of the molecule is Cc1ncnc2c1c(NCc1ccc(-c3ccccc3)nc1)cc(=O)n2O. The Kier molecular flexibility index (Phi) is 4.25. The van der Waals surface area contributed by atoms with Gasteiger partial charge in [0, 0.05) is 24.4 Å². The van der Waals surface area contributed by atoms with E-state index in [4.69, 9.17) is 0 Å². The lowest BCUT2D eigenvalue weighted by Gasteiger charge is -2.12.